The summed E-state index contributed by atoms with van der Waals surface area (Å²) in [7, 11) is 0. The van der Waals surface area contributed by atoms with Gasteiger partial charge in [-0.05, 0) is 73.7 Å². The topological polar surface area (TPSA) is 69.0 Å². The Bertz CT molecular complexity index is 1230. The third-order valence-electron chi connectivity index (χ3n) is 5.70. The monoisotopic (exact) mass is 428 g/mol. The summed E-state index contributed by atoms with van der Waals surface area (Å²) in [4.78, 5) is 14.1. The average molecular weight is 429 g/mol. The molecule has 6 heteroatoms. The number of benzene rings is 3. The molecular formula is C26H28N4O2. The van der Waals surface area contributed by atoms with Gasteiger partial charge in [0.2, 0.25) is 0 Å². The van der Waals surface area contributed by atoms with Crippen molar-refractivity contribution in [2.24, 2.45) is 0 Å². The molecule has 0 aliphatic heterocycles. The first-order valence-corrected chi connectivity index (χ1v) is 10.9. The number of ether oxygens (including phenoxy) is 1. The van der Waals surface area contributed by atoms with E-state index in [2.05, 4.69) is 41.5 Å². The summed E-state index contributed by atoms with van der Waals surface area (Å²) >= 11 is 0. The molecule has 0 bridgehead atoms. The van der Waals surface area contributed by atoms with Gasteiger partial charge in [-0.25, -0.2) is 0 Å². The van der Waals surface area contributed by atoms with Crippen LogP contribution >= 0.6 is 0 Å². The van der Waals surface area contributed by atoms with Gasteiger partial charge in [0.1, 0.15) is 16.8 Å². The van der Waals surface area contributed by atoms with E-state index in [0.717, 1.165) is 23.2 Å². The molecule has 0 fully saturated rings. The lowest BCUT2D eigenvalue weighted by atomic mass is 9.99. The van der Waals surface area contributed by atoms with E-state index >= 15 is 0 Å². The van der Waals surface area contributed by atoms with E-state index in [0.29, 0.717) is 22.9 Å². The highest BCUT2D eigenvalue weighted by Gasteiger charge is 2.11. The maximum Gasteiger partial charge on any atom is 0.262 e. The Hall–Kier alpha value is -3.67. The fraction of sp³-hybridized carbons (Fsp3) is 0.269. The van der Waals surface area contributed by atoms with Crippen molar-refractivity contribution in [2.75, 3.05) is 11.9 Å². The highest BCUT2D eigenvalue weighted by Crippen LogP contribution is 2.23. The highest BCUT2D eigenvalue weighted by atomic mass is 16.5. The Morgan fingerprint density at radius 2 is 1.66 bits per heavy atom. The lowest BCUT2D eigenvalue weighted by molar-refractivity contribution is -0.118. The molecule has 164 valence electrons. The third kappa shape index (κ3) is 4.80. The van der Waals surface area contributed by atoms with Gasteiger partial charge in [-0.15, -0.1) is 10.2 Å². The van der Waals surface area contributed by atoms with Crippen LogP contribution in [0.4, 0.5) is 5.69 Å². The quantitative estimate of drug-likeness (QED) is 0.418. The van der Waals surface area contributed by atoms with Crippen LogP contribution in [0.3, 0.4) is 0 Å². The van der Waals surface area contributed by atoms with Crippen LogP contribution in [-0.2, 0) is 4.79 Å². The molecule has 6 nitrogen and oxygen atoms in total. The summed E-state index contributed by atoms with van der Waals surface area (Å²) in [5, 5.41) is 12.1. The van der Waals surface area contributed by atoms with Crippen molar-refractivity contribution >= 4 is 22.6 Å². The van der Waals surface area contributed by atoms with Crippen molar-refractivity contribution in [3.05, 3.63) is 77.4 Å². The van der Waals surface area contributed by atoms with Crippen LogP contribution in [0.5, 0.6) is 5.75 Å². The Labute approximate surface area is 188 Å². The molecule has 4 rings (SSSR count). The number of carbonyl (C=O) groups is 1. The van der Waals surface area contributed by atoms with E-state index in [4.69, 9.17) is 4.74 Å². The molecule has 1 N–H and O–H groups in total. The molecule has 32 heavy (non-hydrogen) atoms. The number of hydrogen-bond acceptors (Lipinski definition) is 4. The van der Waals surface area contributed by atoms with Crippen molar-refractivity contribution in [1.82, 2.24) is 15.0 Å². The third-order valence-corrected chi connectivity index (χ3v) is 5.70. The molecule has 0 saturated heterocycles. The number of hydrogen-bond donors (Lipinski definition) is 1. The molecule has 0 aliphatic carbocycles. The summed E-state index contributed by atoms with van der Waals surface area (Å²) in [6, 6.07) is 19.7. The van der Waals surface area contributed by atoms with Crippen LogP contribution in [-0.4, -0.2) is 27.5 Å². The van der Waals surface area contributed by atoms with Gasteiger partial charge in [-0.1, -0.05) is 43.7 Å². The summed E-state index contributed by atoms with van der Waals surface area (Å²) in [5.41, 5.74) is 6.45. The van der Waals surface area contributed by atoms with Crippen molar-refractivity contribution in [2.45, 2.75) is 40.0 Å². The minimum Gasteiger partial charge on any atom is -0.484 e. The number of nitrogens with zero attached hydrogens (tertiary/aromatic N) is 3. The molecule has 3 aromatic carbocycles. The predicted molar refractivity (Wildman–Crippen MR) is 128 cm³/mol. The second-order valence-electron chi connectivity index (χ2n) is 8.20. The zero-order chi connectivity index (χ0) is 22.7. The number of amides is 1. The first-order chi connectivity index (χ1) is 15.4. The maximum atomic E-state index is 12.5. The zero-order valence-electron chi connectivity index (χ0n) is 18.9. The van der Waals surface area contributed by atoms with E-state index < -0.39 is 0 Å². The first kappa shape index (κ1) is 21.6. The lowest BCUT2D eigenvalue weighted by Gasteiger charge is -2.11. The van der Waals surface area contributed by atoms with Crippen LogP contribution < -0.4 is 10.1 Å². The number of aryl methyl sites for hydroxylation is 2. The van der Waals surface area contributed by atoms with E-state index in [9.17, 15) is 4.79 Å². The molecule has 0 unspecified atom stereocenters. The van der Waals surface area contributed by atoms with E-state index in [1.807, 2.05) is 62.4 Å². The molecule has 0 radical (unpaired) electrons. The Morgan fingerprint density at radius 3 is 2.31 bits per heavy atom. The van der Waals surface area contributed by atoms with Crippen LogP contribution in [0, 0.1) is 13.8 Å². The normalized spacial score (nSPS) is 12.0. The van der Waals surface area contributed by atoms with Crippen LogP contribution in [0.15, 0.2) is 60.7 Å². The van der Waals surface area contributed by atoms with Gasteiger partial charge in [-0.3, -0.25) is 4.79 Å². The van der Waals surface area contributed by atoms with Crippen LogP contribution in [0.1, 0.15) is 42.9 Å². The highest BCUT2D eigenvalue weighted by molar-refractivity contribution is 5.95. The fourth-order valence-electron chi connectivity index (χ4n) is 3.46. The minimum atomic E-state index is -0.218. The maximum absolute atomic E-state index is 12.5. The van der Waals surface area contributed by atoms with Crippen molar-refractivity contribution in [1.29, 1.82) is 0 Å². The van der Waals surface area contributed by atoms with Gasteiger partial charge >= 0.3 is 0 Å². The second-order valence-corrected chi connectivity index (χ2v) is 8.20. The Kier molecular flexibility index (Phi) is 6.21. The van der Waals surface area contributed by atoms with E-state index in [1.54, 1.807) is 4.80 Å². The van der Waals surface area contributed by atoms with Gasteiger partial charge in [0.15, 0.2) is 6.61 Å². The molecular weight excluding hydrogens is 400 g/mol. The molecule has 0 aliphatic rings. The number of anilines is 1. The van der Waals surface area contributed by atoms with E-state index in [-0.39, 0.29) is 12.5 Å². The predicted octanol–water partition coefficient (Wildman–Crippen LogP) is 5.57. The van der Waals surface area contributed by atoms with Gasteiger partial charge in [0.05, 0.1) is 5.69 Å². The van der Waals surface area contributed by atoms with Gasteiger partial charge in [0, 0.05) is 5.69 Å². The van der Waals surface area contributed by atoms with Gasteiger partial charge in [0.25, 0.3) is 5.91 Å². The smallest absolute Gasteiger partial charge is 0.262 e. The molecule has 4 aromatic rings. The SMILES string of the molecule is CC[C@@H](C)c1ccc(OCC(=O)Nc2cc3nn(-c4ccc(C)cc4)nc3cc2C)cc1. The number of fused-ring (bicyclic) bond motifs is 1. The molecule has 0 saturated carbocycles. The standard InChI is InChI=1S/C26H28N4O2/c1-5-18(3)20-8-12-22(13-9-20)32-16-26(31)27-23-15-25-24(14-19(23)4)28-30(29-25)21-10-6-17(2)7-11-21/h6-15,18H,5,16H2,1-4H3,(H,27,31)/t18-/m1/s1. The van der Waals surface area contributed by atoms with Crippen molar-refractivity contribution in [3.8, 4) is 11.4 Å². The number of rotatable bonds is 7. The largest absolute Gasteiger partial charge is 0.484 e. The molecule has 0 spiro atoms. The summed E-state index contributed by atoms with van der Waals surface area (Å²) < 4.78 is 5.66. The first-order valence-electron chi connectivity index (χ1n) is 10.9. The molecule has 1 amide bonds. The summed E-state index contributed by atoms with van der Waals surface area (Å²) in [6.45, 7) is 8.29. The second kappa shape index (κ2) is 9.22. The zero-order valence-corrected chi connectivity index (χ0v) is 18.9. The Morgan fingerprint density at radius 1 is 1.00 bits per heavy atom. The molecule has 1 aromatic heterocycles. The molecule has 1 heterocycles. The summed E-state index contributed by atoms with van der Waals surface area (Å²) in [5.74, 6) is 0.971. The van der Waals surface area contributed by atoms with Gasteiger partial charge < -0.3 is 10.1 Å². The Balaban J connectivity index is 1.43. The van der Waals surface area contributed by atoms with E-state index in [1.165, 1.54) is 11.1 Å². The fourth-order valence-corrected chi connectivity index (χ4v) is 3.46. The van der Waals surface area contributed by atoms with Gasteiger partial charge in [-0.2, -0.15) is 4.80 Å². The minimum absolute atomic E-state index is 0.0593. The summed E-state index contributed by atoms with van der Waals surface area (Å²) in [6.07, 6.45) is 1.09. The average Bonchev–Trinajstić information content (AvgIpc) is 3.20. The van der Waals surface area contributed by atoms with Crippen LogP contribution in [0.25, 0.3) is 16.7 Å². The molecule has 1 atom stereocenters. The lowest BCUT2D eigenvalue weighted by Crippen LogP contribution is -2.20. The van der Waals surface area contributed by atoms with Crippen LogP contribution in [0.2, 0.25) is 0 Å². The number of nitrogens with one attached hydrogen (secondary N) is 1. The van der Waals surface area contributed by atoms with Crippen molar-refractivity contribution in [3.63, 3.8) is 0 Å². The number of carbonyl (C=O) groups excluding carboxylic acids is 1. The van der Waals surface area contributed by atoms with Crippen molar-refractivity contribution < 1.29 is 9.53 Å². The number of aromatic nitrogens is 3.